The van der Waals surface area contributed by atoms with Crippen LogP contribution in [0.2, 0.25) is 0 Å². The van der Waals surface area contributed by atoms with E-state index < -0.39 is 5.82 Å². The van der Waals surface area contributed by atoms with Gasteiger partial charge in [-0.1, -0.05) is 72.1 Å². The molecule has 274 valence electrons. The zero-order valence-corrected chi connectivity index (χ0v) is 30.6. The lowest BCUT2D eigenvalue weighted by molar-refractivity contribution is 0.0651. The summed E-state index contributed by atoms with van der Waals surface area (Å²) in [5.74, 6) is -0.137. The summed E-state index contributed by atoms with van der Waals surface area (Å²) in [6, 6.07) is 6.72. The molecule has 3 aromatic rings. The molecule has 12 nitrogen and oxygen atoms in total. The van der Waals surface area contributed by atoms with Crippen LogP contribution >= 0.6 is 0 Å². The Morgan fingerprint density at radius 3 is 2.36 bits per heavy atom. The first kappa shape index (κ1) is 38.7. The summed E-state index contributed by atoms with van der Waals surface area (Å²) in [5.41, 5.74) is 1.86. The molecule has 1 aliphatic heterocycles. The van der Waals surface area contributed by atoms with E-state index in [0.717, 1.165) is 12.8 Å². The quantitative estimate of drug-likeness (QED) is 0.114. The van der Waals surface area contributed by atoms with Crippen LogP contribution in [0.25, 0.3) is 11.4 Å². The van der Waals surface area contributed by atoms with E-state index in [2.05, 4.69) is 47.5 Å². The average molecular weight is 695 g/mol. The Kier molecular flexibility index (Phi) is 15.0. The molecule has 4 rings (SSSR count). The van der Waals surface area contributed by atoms with E-state index in [1.165, 1.54) is 68.2 Å². The Morgan fingerprint density at radius 1 is 1.04 bits per heavy atom. The van der Waals surface area contributed by atoms with Gasteiger partial charge in [-0.25, -0.2) is 9.18 Å². The van der Waals surface area contributed by atoms with E-state index >= 15 is 4.39 Å². The zero-order chi connectivity index (χ0) is 35.9. The van der Waals surface area contributed by atoms with Gasteiger partial charge in [-0.3, -0.25) is 4.68 Å². The fraction of sp³-hybridized carbons (Fsp3) is 0.676. The van der Waals surface area contributed by atoms with Crippen LogP contribution < -0.4 is 4.74 Å². The highest BCUT2D eigenvalue weighted by atomic mass is 19.1. The predicted octanol–water partition coefficient (Wildman–Crippen LogP) is 8.23. The summed E-state index contributed by atoms with van der Waals surface area (Å²) in [6.45, 7) is 12.4. The van der Waals surface area contributed by atoms with E-state index in [0.29, 0.717) is 60.6 Å². The number of amides is 1. The summed E-state index contributed by atoms with van der Waals surface area (Å²) in [4.78, 5) is 13.9. The lowest BCUT2D eigenvalue weighted by Gasteiger charge is -2.32. The van der Waals surface area contributed by atoms with Crippen molar-refractivity contribution in [3.8, 4) is 23.2 Å². The molecule has 1 amide bonds. The molecule has 2 aromatic heterocycles. The van der Waals surface area contributed by atoms with E-state index in [-0.39, 0.29) is 37.3 Å². The van der Waals surface area contributed by atoms with Gasteiger partial charge in [-0.05, 0) is 73.6 Å². The second-order valence-corrected chi connectivity index (χ2v) is 14.7. The van der Waals surface area contributed by atoms with Gasteiger partial charge in [-0.2, -0.15) is 15.0 Å². The van der Waals surface area contributed by atoms with Crippen molar-refractivity contribution in [2.24, 2.45) is 5.41 Å². The zero-order valence-electron chi connectivity index (χ0n) is 30.6. The maximum Gasteiger partial charge on any atom is 0.410 e. The molecule has 0 spiro atoms. The Hall–Kier alpha value is -4.05. The van der Waals surface area contributed by atoms with Gasteiger partial charge >= 0.3 is 6.09 Å². The number of halogens is 1. The number of rotatable bonds is 19. The Bertz CT molecular complexity index is 1520. The molecule has 1 fully saturated rings. The number of piperidine rings is 1. The van der Waals surface area contributed by atoms with Crippen LogP contribution in [0.15, 0.2) is 24.4 Å². The van der Waals surface area contributed by atoms with E-state index in [1.54, 1.807) is 21.8 Å². The average Bonchev–Trinajstić information content (AvgIpc) is 3.72. The van der Waals surface area contributed by atoms with Crippen molar-refractivity contribution in [1.82, 2.24) is 34.9 Å². The second-order valence-electron chi connectivity index (χ2n) is 14.7. The van der Waals surface area contributed by atoms with Gasteiger partial charge in [0.2, 0.25) is 0 Å². The van der Waals surface area contributed by atoms with Crippen molar-refractivity contribution in [3.63, 3.8) is 0 Å². The highest BCUT2D eigenvalue weighted by molar-refractivity contribution is 5.67. The van der Waals surface area contributed by atoms with Crippen molar-refractivity contribution < 1.29 is 23.4 Å². The minimum absolute atomic E-state index is 0.0258. The molecule has 3 heterocycles. The van der Waals surface area contributed by atoms with Crippen molar-refractivity contribution in [1.29, 1.82) is 5.26 Å². The van der Waals surface area contributed by atoms with Crippen LogP contribution in [0.4, 0.5) is 9.18 Å². The van der Waals surface area contributed by atoms with Gasteiger partial charge in [0.1, 0.15) is 25.1 Å². The summed E-state index contributed by atoms with van der Waals surface area (Å²) in [5, 5.41) is 26.2. The minimum Gasteiger partial charge on any atom is -0.486 e. The molecule has 0 saturated carbocycles. The molecule has 0 aliphatic carbocycles. The number of hydrogen-bond donors (Lipinski definition) is 0. The van der Waals surface area contributed by atoms with Crippen molar-refractivity contribution >= 4 is 6.09 Å². The van der Waals surface area contributed by atoms with Crippen LogP contribution in [0.3, 0.4) is 0 Å². The first-order chi connectivity index (χ1) is 24.1. The predicted molar refractivity (Wildman–Crippen MR) is 188 cm³/mol. The van der Waals surface area contributed by atoms with Crippen molar-refractivity contribution in [3.05, 3.63) is 41.5 Å². The molecule has 0 unspecified atom stereocenters. The van der Waals surface area contributed by atoms with Gasteiger partial charge in [-0.15, -0.1) is 5.10 Å². The monoisotopic (exact) mass is 694 g/mol. The summed E-state index contributed by atoms with van der Waals surface area (Å²) in [7, 11) is 0. The number of nitrogens with zero attached hydrogens (tertiary/aromatic N) is 8. The van der Waals surface area contributed by atoms with Crippen LogP contribution in [0.5, 0.6) is 5.75 Å². The van der Waals surface area contributed by atoms with E-state index in [9.17, 15) is 10.1 Å². The second kappa shape index (κ2) is 19.4. The number of nitriles is 1. The number of benzene rings is 1. The molecule has 0 bridgehead atoms. The normalized spacial score (nSPS) is 13.9. The number of aromatic nitrogens is 6. The maximum absolute atomic E-state index is 15.2. The third-order valence-electron chi connectivity index (χ3n) is 8.92. The van der Waals surface area contributed by atoms with Gasteiger partial charge in [0.15, 0.2) is 17.4 Å². The maximum atomic E-state index is 15.2. The highest BCUT2D eigenvalue weighted by Crippen LogP contribution is 2.28. The summed E-state index contributed by atoms with van der Waals surface area (Å²) < 4.78 is 35.3. The van der Waals surface area contributed by atoms with Gasteiger partial charge in [0, 0.05) is 30.8 Å². The minimum atomic E-state index is -0.575. The van der Waals surface area contributed by atoms with Crippen LogP contribution in [0.1, 0.15) is 129 Å². The molecule has 0 N–H and O–H groups in total. The topological polar surface area (TPSA) is 133 Å². The molecule has 0 radical (unpaired) electrons. The van der Waals surface area contributed by atoms with Gasteiger partial charge < -0.3 is 19.1 Å². The van der Waals surface area contributed by atoms with E-state index in [4.69, 9.17) is 14.2 Å². The number of hydrogen-bond acceptors (Lipinski definition) is 9. The standard InChI is InChI=1S/C37H55FN8O4/c1-28(2)50-36(47)44-20-17-31(18-21-44)46-33(24-39)30(25-40-46)26-49-34-16-15-29(23-32(34)38)35-41-42-43-45(35)27-48-22-14-12-10-8-6-7-9-11-13-19-37(3,4)5/h15-16,23,25,28,31H,6-14,17-22,26-27H2,1-5H3. The molecule has 50 heavy (non-hydrogen) atoms. The van der Waals surface area contributed by atoms with Crippen molar-refractivity contribution in [2.75, 3.05) is 19.7 Å². The van der Waals surface area contributed by atoms with Gasteiger partial charge in [0.05, 0.1) is 18.3 Å². The number of likely N-dealkylation sites (tertiary alicyclic amines) is 1. The third-order valence-corrected chi connectivity index (χ3v) is 8.92. The Morgan fingerprint density at radius 2 is 1.72 bits per heavy atom. The summed E-state index contributed by atoms with van der Waals surface area (Å²) >= 11 is 0. The number of ether oxygens (including phenoxy) is 3. The molecular weight excluding hydrogens is 639 g/mol. The molecule has 1 saturated heterocycles. The number of unbranched alkanes of at least 4 members (excludes halogenated alkanes) is 8. The van der Waals surface area contributed by atoms with Crippen LogP contribution in [-0.2, 0) is 22.8 Å². The van der Waals surface area contributed by atoms with Crippen molar-refractivity contribution in [2.45, 2.75) is 137 Å². The third kappa shape index (κ3) is 12.1. The first-order valence-electron chi connectivity index (χ1n) is 18.2. The fourth-order valence-corrected chi connectivity index (χ4v) is 6.13. The molecular formula is C37H55FN8O4. The highest BCUT2D eigenvalue weighted by Gasteiger charge is 2.28. The molecule has 1 aromatic carbocycles. The first-order valence-corrected chi connectivity index (χ1v) is 18.2. The SMILES string of the molecule is CC(C)OC(=O)N1CCC(n2ncc(COc3ccc(-c4nnnn4COCCCCCCCCCCCC(C)(C)C)cc3F)c2C#N)CC1. The summed E-state index contributed by atoms with van der Waals surface area (Å²) in [6.07, 6.45) is 14.9. The molecule has 0 atom stereocenters. The number of carbonyl (C=O) groups excluding carboxylic acids is 1. The molecule has 13 heteroatoms. The van der Waals surface area contributed by atoms with E-state index in [1.807, 2.05) is 13.8 Å². The smallest absolute Gasteiger partial charge is 0.410 e. The fourth-order valence-electron chi connectivity index (χ4n) is 6.13. The van der Waals surface area contributed by atoms with Crippen LogP contribution in [0, 0.1) is 22.6 Å². The molecule has 1 aliphatic rings. The number of carbonyl (C=O) groups is 1. The Balaban J connectivity index is 1.17. The van der Waals surface area contributed by atoms with Gasteiger partial charge in [0.25, 0.3) is 0 Å². The lowest BCUT2D eigenvalue weighted by Crippen LogP contribution is -2.40. The lowest BCUT2D eigenvalue weighted by atomic mass is 9.89. The number of tetrazole rings is 1. The Labute approximate surface area is 296 Å². The van der Waals surface area contributed by atoms with Crippen LogP contribution in [-0.4, -0.2) is 66.8 Å². The largest absolute Gasteiger partial charge is 0.486 e.